The molecular weight excluding hydrogens is 336 g/mol. The van der Waals surface area contributed by atoms with Crippen molar-refractivity contribution in [3.8, 4) is 11.5 Å². The Kier molecular flexibility index (Phi) is 4.79. The van der Waals surface area contributed by atoms with E-state index in [1.807, 2.05) is 42.5 Å². The van der Waals surface area contributed by atoms with Crippen molar-refractivity contribution in [3.63, 3.8) is 0 Å². The molecule has 0 saturated heterocycles. The molecule has 0 radical (unpaired) electrons. The van der Waals surface area contributed by atoms with Gasteiger partial charge < -0.3 is 9.47 Å². The van der Waals surface area contributed by atoms with E-state index in [9.17, 15) is 0 Å². The summed E-state index contributed by atoms with van der Waals surface area (Å²) < 4.78 is 10.6. The smallest absolute Gasteiger partial charge is 0.118 e. The van der Waals surface area contributed by atoms with Crippen LogP contribution in [0.2, 0.25) is 0 Å². The van der Waals surface area contributed by atoms with Crippen LogP contribution in [0.4, 0.5) is 5.69 Å². The fourth-order valence-corrected chi connectivity index (χ4v) is 3.37. The molecule has 136 valence electrons. The zero-order valence-corrected chi connectivity index (χ0v) is 15.5. The van der Waals surface area contributed by atoms with Gasteiger partial charge in [0.1, 0.15) is 11.5 Å². The highest BCUT2D eigenvalue weighted by atomic mass is 16.5. The molecule has 0 aromatic heterocycles. The number of benzene rings is 3. The molecule has 4 rings (SSSR count). The zero-order chi connectivity index (χ0) is 18.6. The highest BCUT2D eigenvalue weighted by molar-refractivity contribution is 6.03. The fourth-order valence-electron chi connectivity index (χ4n) is 3.37. The van der Waals surface area contributed by atoms with Crippen LogP contribution in [0.5, 0.6) is 11.5 Å². The van der Waals surface area contributed by atoms with Gasteiger partial charge in [-0.2, -0.15) is 5.10 Å². The van der Waals surface area contributed by atoms with Gasteiger partial charge in [0, 0.05) is 6.42 Å². The van der Waals surface area contributed by atoms with Gasteiger partial charge in [-0.25, -0.2) is 0 Å². The van der Waals surface area contributed by atoms with Crippen LogP contribution < -0.4 is 14.5 Å². The summed E-state index contributed by atoms with van der Waals surface area (Å²) in [6, 6.07) is 26.8. The summed E-state index contributed by atoms with van der Waals surface area (Å²) in [6.07, 6.45) is 0.841. The molecule has 1 atom stereocenters. The number of nitrogens with zero attached hydrogens (tertiary/aromatic N) is 2. The number of hydrogen-bond acceptors (Lipinski definition) is 4. The van der Waals surface area contributed by atoms with Crippen LogP contribution in [-0.2, 0) is 0 Å². The van der Waals surface area contributed by atoms with E-state index in [-0.39, 0.29) is 6.04 Å². The van der Waals surface area contributed by atoms with E-state index in [0.29, 0.717) is 0 Å². The second-order valence-electron chi connectivity index (χ2n) is 6.45. The Balaban J connectivity index is 1.69. The SMILES string of the molecule is COc1ccc(C2=NN(c3ccccc3)[C@@H](c3ccc(OC)cc3)C2)cc1. The zero-order valence-electron chi connectivity index (χ0n) is 15.5. The summed E-state index contributed by atoms with van der Waals surface area (Å²) in [5.74, 6) is 1.71. The number of methoxy groups -OCH3 is 2. The molecule has 0 aliphatic carbocycles. The number of hydrazone groups is 1. The molecule has 3 aromatic rings. The highest BCUT2D eigenvalue weighted by Gasteiger charge is 2.29. The molecule has 0 unspecified atom stereocenters. The Labute approximate surface area is 159 Å². The highest BCUT2D eigenvalue weighted by Crippen LogP contribution is 2.37. The second-order valence-corrected chi connectivity index (χ2v) is 6.45. The van der Waals surface area contributed by atoms with Gasteiger partial charge in [-0.05, 0) is 59.7 Å². The van der Waals surface area contributed by atoms with Gasteiger partial charge in [0.15, 0.2) is 0 Å². The van der Waals surface area contributed by atoms with Crippen LogP contribution in [0.1, 0.15) is 23.6 Å². The summed E-state index contributed by atoms with van der Waals surface area (Å²) in [6.45, 7) is 0. The maximum Gasteiger partial charge on any atom is 0.118 e. The van der Waals surface area contributed by atoms with Crippen molar-refractivity contribution in [1.82, 2.24) is 0 Å². The third-order valence-corrected chi connectivity index (χ3v) is 4.85. The summed E-state index contributed by atoms with van der Waals surface area (Å²) >= 11 is 0. The predicted molar refractivity (Wildman–Crippen MR) is 109 cm³/mol. The molecule has 4 nitrogen and oxygen atoms in total. The number of hydrogen-bond donors (Lipinski definition) is 0. The molecule has 0 spiro atoms. The molecule has 0 N–H and O–H groups in total. The van der Waals surface area contributed by atoms with Gasteiger partial charge >= 0.3 is 0 Å². The van der Waals surface area contributed by atoms with Crippen LogP contribution >= 0.6 is 0 Å². The fraction of sp³-hybridized carbons (Fsp3) is 0.174. The van der Waals surface area contributed by atoms with E-state index in [1.165, 1.54) is 5.56 Å². The van der Waals surface area contributed by atoms with Crippen molar-refractivity contribution in [2.24, 2.45) is 5.10 Å². The Morgan fingerprint density at radius 1 is 0.778 bits per heavy atom. The molecular formula is C23H22N2O2. The monoisotopic (exact) mass is 358 g/mol. The lowest BCUT2D eigenvalue weighted by Crippen LogP contribution is -2.18. The maximum atomic E-state index is 5.30. The molecule has 1 aliphatic rings. The normalized spacial score (nSPS) is 16.1. The summed E-state index contributed by atoms with van der Waals surface area (Å²) in [7, 11) is 3.37. The van der Waals surface area contributed by atoms with E-state index in [2.05, 4.69) is 41.4 Å². The molecule has 0 amide bonds. The molecule has 1 aliphatic heterocycles. The molecule has 0 bridgehead atoms. The van der Waals surface area contributed by atoms with Crippen molar-refractivity contribution < 1.29 is 9.47 Å². The summed E-state index contributed by atoms with van der Waals surface area (Å²) in [5.41, 5.74) is 4.49. The third-order valence-electron chi connectivity index (χ3n) is 4.85. The first-order valence-corrected chi connectivity index (χ1v) is 8.98. The lowest BCUT2D eigenvalue weighted by atomic mass is 9.98. The third kappa shape index (κ3) is 3.51. The van der Waals surface area contributed by atoms with E-state index in [0.717, 1.165) is 34.9 Å². The van der Waals surface area contributed by atoms with Crippen LogP contribution in [0.25, 0.3) is 0 Å². The van der Waals surface area contributed by atoms with Crippen molar-refractivity contribution in [2.75, 3.05) is 19.2 Å². The lowest BCUT2D eigenvalue weighted by molar-refractivity contribution is 0.414. The second kappa shape index (κ2) is 7.54. The van der Waals surface area contributed by atoms with Gasteiger partial charge in [0.25, 0.3) is 0 Å². The van der Waals surface area contributed by atoms with E-state index >= 15 is 0 Å². The van der Waals surface area contributed by atoms with Crippen LogP contribution in [0, 0.1) is 0 Å². The minimum absolute atomic E-state index is 0.149. The Bertz CT molecular complexity index is 919. The molecule has 0 fully saturated rings. The van der Waals surface area contributed by atoms with Crippen LogP contribution in [0.3, 0.4) is 0 Å². The minimum atomic E-state index is 0.149. The first-order valence-electron chi connectivity index (χ1n) is 8.98. The quantitative estimate of drug-likeness (QED) is 0.639. The lowest BCUT2D eigenvalue weighted by Gasteiger charge is -2.24. The molecule has 4 heteroatoms. The van der Waals surface area contributed by atoms with Crippen LogP contribution in [0.15, 0.2) is 84.0 Å². The Hall–Kier alpha value is -3.27. The van der Waals surface area contributed by atoms with Crippen molar-refractivity contribution in [1.29, 1.82) is 0 Å². The Morgan fingerprint density at radius 2 is 1.37 bits per heavy atom. The first-order chi connectivity index (χ1) is 13.3. The molecule has 3 aromatic carbocycles. The first kappa shape index (κ1) is 17.2. The maximum absolute atomic E-state index is 5.30. The predicted octanol–water partition coefficient (Wildman–Crippen LogP) is 5.06. The molecule has 1 heterocycles. The Morgan fingerprint density at radius 3 is 1.96 bits per heavy atom. The summed E-state index contributed by atoms with van der Waals surface area (Å²) in [5, 5.41) is 7.07. The average molecular weight is 358 g/mol. The summed E-state index contributed by atoms with van der Waals surface area (Å²) in [4.78, 5) is 0. The van der Waals surface area contributed by atoms with Gasteiger partial charge in [0.2, 0.25) is 0 Å². The largest absolute Gasteiger partial charge is 0.497 e. The van der Waals surface area contributed by atoms with E-state index < -0.39 is 0 Å². The number of ether oxygens (including phenoxy) is 2. The standard InChI is InChI=1S/C23H22N2O2/c1-26-20-12-8-17(9-13-20)22-16-23(18-10-14-21(27-2)15-11-18)25(24-22)19-6-4-3-5-7-19/h3-15,23H,16H2,1-2H3/t23-/m1/s1. The van der Waals surface area contributed by atoms with Gasteiger partial charge in [-0.3, -0.25) is 5.01 Å². The van der Waals surface area contributed by atoms with Gasteiger partial charge in [0.05, 0.1) is 31.7 Å². The number of rotatable bonds is 5. The van der Waals surface area contributed by atoms with E-state index in [1.54, 1.807) is 14.2 Å². The molecule has 0 saturated carbocycles. The average Bonchev–Trinajstić information content (AvgIpc) is 3.20. The van der Waals surface area contributed by atoms with Crippen LogP contribution in [-0.4, -0.2) is 19.9 Å². The minimum Gasteiger partial charge on any atom is -0.497 e. The topological polar surface area (TPSA) is 34.1 Å². The number of para-hydroxylation sites is 1. The van der Waals surface area contributed by atoms with Crippen molar-refractivity contribution in [3.05, 3.63) is 90.0 Å². The van der Waals surface area contributed by atoms with Crippen molar-refractivity contribution >= 4 is 11.4 Å². The molecule has 27 heavy (non-hydrogen) atoms. The van der Waals surface area contributed by atoms with Gasteiger partial charge in [-0.1, -0.05) is 30.3 Å². The number of anilines is 1. The van der Waals surface area contributed by atoms with Crippen molar-refractivity contribution in [2.45, 2.75) is 12.5 Å². The van der Waals surface area contributed by atoms with Gasteiger partial charge in [-0.15, -0.1) is 0 Å². The van der Waals surface area contributed by atoms with E-state index in [4.69, 9.17) is 14.6 Å².